The number of benzene rings is 1. The third-order valence-corrected chi connectivity index (χ3v) is 5.61. The molecule has 2 aliphatic rings. The molecule has 2 saturated heterocycles. The highest BCUT2D eigenvalue weighted by Crippen LogP contribution is 2.32. The lowest BCUT2D eigenvalue weighted by atomic mass is 9.96. The number of carbonyl (C=O) groups excluding carboxylic acids is 2. The molecular weight excluding hydrogens is 408 g/mol. The van der Waals surface area contributed by atoms with Crippen LogP contribution in [0.15, 0.2) is 47.2 Å². The van der Waals surface area contributed by atoms with Crippen molar-refractivity contribution >= 4 is 29.1 Å². The second kappa shape index (κ2) is 7.49. The van der Waals surface area contributed by atoms with Crippen LogP contribution in [-0.4, -0.2) is 56.5 Å². The highest BCUT2D eigenvalue weighted by molar-refractivity contribution is 6.30. The Hall–Kier alpha value is -3.33. The molecule has 1 aromatic carbocycles. The number of carbonyl (C=O) groups is 2. The van der Waals surface area contributed by atoms with Crippen molar-refractivity contribution in [3.05, 3.63) is 53.6 Å². The molecule has 0 saturated carbocycles. The molecule has 1 unspecified atom stereocenters. The summed E-state index contributed by atoms with van der Waals surface area (Å²) in [5.41, 5.74) is 0.753. The number of nitrogens with zero attached hydrogens (tertiary/aromatic N) is 6. The average Bonchev–Trinajstić information content (AvgIpc) is 3.35. The molecule has 5 rings (SSSR count). The number of aromatic nitrogens is 4. The number of likely N-dealkylation sites (tertiary alicyclic amines) is 1. The topological polar surface area (TPSA) is 105 Å². The van der Waals surface area contributed by atoms with E-state index in [1.54, 1.807) is 52.5 Å². The molecule has 2 fully saturated rings. The Morgan fingerprint density at radius 1 is 1.07 bits per heavy atom. The number of rotatable bonds is 4. The van der Waals surface area contributed by atoms with Crippen molar-refractivity contribution in [3.63, 3.8) is 0 Å². The monoisotopic (exact) mass is 424 g/mol. The van der Waals surface area contributed by atoms with Crippen molar-refractivity contribution in [2.45, 2.75) is 12.3 Å². The molecule has 3 aromatic rings. The van der Waals surface area contributed by atoms with E-state index < -0.39 is 0 Å². The van der Waals surface area contributed by atoms with Crippen LogP contribution in [0.2, 0.25) is 5.02 Å². The molecule has 2 aliphatic heterocycles. The Morgan fingerprint density at radius 3 is 2.53 bits per heavy atom. The molecule has 9 nitrogen and oxygen atoms in total. The van der Waals surface area contributed by atoms with Crippen LogP contribution in [0.1, 0.15) is 18.2 Å². The first-order valence-electron chi connectivity index (χ1n) is 9.54. The van der Waals surface area contributed by atoms with Crippen LogP contribution in [0.3, 0.4) is 0 Å². The molecule has 0 spiro atoms. The van der Waals surface area contributed by atoms with Gasteiger partial charge in [0.15, 0.2) is 0 Å². The van der Waals surface area contributed by atoms with E-state index in [9.17, 15) is 9.59 Å². The average molecular weight is 425 g/mol. The molecule has 1 atom stereocenters. The van der Waals surface area contributed by atoms with Crippen molar-refractivity contribution in [3.8, 4) is 11.6 Å². The number of anilines is 1. The van der Waals surface area contributed by atoms with Gasteiger partial charge in [-0.05, 0) is 30.3 Å². The fourth-order valence-electron chi connectivity index (χ4n) is 3.72. The van der Waals surface area contributed by atoms with E-state index >= 15 is 0 Å². The Bertz CT molecular complexity index is 1080. The van der Waals surface area contributed by atoms with Crippen LogP contribution in [-0.2, 0) is 9.59 Å². The van der Waals surface area contributed by atoms with Crippen molar-refractivity contribution in [2.75, 3.05) is 24.5 Å². The maximum Gasteiger partial charge on any atom is 0.240 e. The maximum absolute atomic E-state index is 12.8. The van der Waals surface area contributed by atoms with E-state index in [0.29, 0.717) is 42.2 Å². The van der Waals surface area contributed by atoms with Gasteiger partial charge in [0.1, 0.15) is 0 Å². The minimum atomic E-state index is -0.356. The maximum atomic E-state index is 12.8. The van der Waals surface area contributed by atoms with Gasteiger partial charge in [0, 0.05) is 49.2 Å². The van der Waals surface area contributed by atoms with Gasteiger partial charge in [-0.1, -0.05) is 16.8 Å². The van der Waals surface area contributed by atoms with Gasteiger partial charge < -0.3 is 14.3 Å². The Kier molecular flexibility index (Phi) is 4.66. The van der Waals surface area contributed by atoms with Crippen LogP contribution >= 0.6 is 11.6 Å². The Morgan fingerprint density at radius 2 is 1.80 bits per heavy atom. The van der Waals surface area contributed by atoms with Crippen molar-refractivity contribution in [1.29, 1.82) is 0 Å². The highest BCUT2D eigenvalue weighted by atomic mass is 35.5. The molecule has 10 heteroatoms. The first-order chi connectivity index (χ1) is 14.6. The predicted octanol–water partition coefficient (Wildman–Crippen LogP) is 2.16. The predicted molar refractivity (Wildman–Crippen MR) is 107 cm³/mol. The summed E-state index contributed by atoms with van der Waals surface area (Å²) in [7, 11) is 0. The lowest BCUT2D eigenvalue weighted by Crippen LogP contribution is -2.51. The zero-order valence-electron chi connectivity index (χ0n) is 15.8. The molecule has 0 N–H and O–H groups in total. The van der Waals surface area contributed by atoms with Crippen LogP contribution in [0, 0.1) is 5.92 Å². The first-order valence-corrected chi connectivity index (χ1v) is 9.92. The summed E-state index contributed by atoms with van der Waals surface area (Å²) in [4.78, 5) is 41.2. The van der Waals surface area contributed by atoms with Crippen molar-refractivity contribution in [1.82, 2.24) is 25.0 Å². The standard InChI is InChI=1S/C20H17ClN6O3/c21-14-2-4-15(5-3-14)27-11-12(8-16(27)28)20(29)26-9-13(10-26)19-24-18(25-30-19)17-22-6-1-7-23-17/h1-7,12-13H,8-11H2. The minimum absolute atomic E-state index is 0.0246. The molecule has 4 heterocycles. The number of hydrogen-bond acceptors (Lipinski definition) is 7. The molecule has 0 aliphatic carbocycles. The third kappa shape index (κ3) is 3.41. The highest BCUT2D eigenvalue weighted by Gasteiger charge is 2.42. The van der Waals surface area contributed by atoms with Gasteiger partial charge in [-0.25, -0.2) is 9.97 Å². The van der Waals surface area contributed by atoms with Crippen molar-refractivity contribution in [2.24, 2.45) is 5.92 Å². The molecule has 30 heavy (non-hydrogen) atoms. The van der Waals surface area contributed by atoms with Crippen LogP contribution in [0.4, 0.5) is 5.69 Å². The lowest BCUT2D eigenvalue weighted by molar-refractivity contribution is -0.140. The van der Waals surface area contributed by atoms with Crippen LogP contribution in [0.5, 0.6) is 0 Å². The van der Waals surface area contributed by atoms with Gasteiger partial charge in [-0.2, -0.15) is 4.98 Å². The summed E-state index contributed by atoms with van der Waals surface area (Å²) in [6.07, 6.45) is 3.43. The molecule has 0 radical (unpaired) electrons. The van der Waals surface area contributed by atoms with E-state index in [1.165, 1.54) is 0 Å². The fourth-order valence-corrected chi connectivity index (χ4v) is 3.85. The van der Waals surface area contributed by atoms with Gasteiger partial charge >= 0.3 is 0 Å². The van der Waals surface area contributed by atoms with Gasteiger partial charge in [-0.3, -0.25) is 9.59 Å². The van der Waals surface area contributed by atoms with Crippen LogP contribution in [0.25, 0.3) is 11.6 Å². The summed E-state index contributed by atoms with van der Waals surface area (Å²) in [5.74, 6) is 0.724. The normalized spacial score (nSPS) is 19.2. The summed E-state index contributed by atoms with van der Waals surface area (Å²) >= 11 is 5.91. The number of amides is 2. The Labute approximate surface area is 176 Å². The molecule has 2 amide bonds. The van der Waals surface area contributed by atoms with Gasteiger partial charge in [-0.15, -0.1) is 0 Å². The lowest BCUT2D eigenvalue weighted by Gasteiger charge is -2.38. The number of halogens is 1. The summed E-state index contributed by atoms with van der Waals surface area (Å²) < 4.78 is 5.33. The SMILES string of the molecule is O=C(C1CC(=O)N(c2ccc(Cl)cc2)C1)N1CC(c2nc(-c3ncccn3)no2)C1. The summed E-state index contributed by atoms with van der Waals surface area (Å²) in [6.45, 7) is 1.35. The molecular formula is C20H17ClN6O3. The molecule has 2 aromatic heterocycles. The Balaban J connectivity index is 1.20. The van der Waals surface area contributed by atoms with Gasteiger partial charge in [0.05, 0.1) is 11.8 Å². The van der Waals surface area contributed by atoms with E-state index in [4.69, 9.17) is 16.1 Å². The van der Waals surface area contributed by atoms with Crippen LogP contribution < -0.4 is 4.90 Å². The second-order valence-electron chi connectivity index (χ2n) is 7.35. The summed E-state index contributed by atoms with van der Waals surface area (Å²) in [6, 6.07) is 8.76. The fraction of sp³-hybridized carbons (Fsp3) is 0.300. The van der Waals surface area contributed by atoms with E-state index in [0.717, 1.165) is 5.69 Å². The zero-order valence-corrected chi connectivity index (χ0v) is 16.6. The zero-order chi connectivity index (χ0) is 20.7. The van der Waals surface area contributed by atoms with Gasteiger partial charge in [0.25, 0.3) is 0 Å². The van der Waals surface area contributed by atoms with E-state index in [2.05, 4.69) is 20.1 Å². The third-order valence-electron chi connectivity index (χ3n) is 5.36. The summed E-state index contributed by atoms with van der Waals surface area (Å²) in [5, 5.41) is 4.53. The number of hydrogen-bond donors (Lipinski definition) is 0. The van der Waals surface area contributed by atoms with Gasteiger partial charge in [0.2, 0.25) is 29.4 Å². The van der Waals surface area contributed by atoms with E-state index in [-0.39, 0.29) is 30.1 Å². The quantitative estimate of drug-likeness (QED) is 0.631. The molecule has 152 valence electrons. The smallest absolute Gasteiger partial charge is 0.240 e. The van der Waals surface area contributed by atoms with E-state index in [1.807, 2.05) is 0 Å². The second-order valence-corrected chi connectivity index (χ2v) is 7.79. The molecule has 0 bridgehead atoms. The largest absolute Gasteiger partial charge is 0.341 e. The van der Waals surface area contributed by atoms with Crippen molar-refractivity contribution < 1.29 is 14.1 Å². The first kappa shape index (κ1) is 18.7. The minimum Gasteiger partial charge on any atom is -0.341 e.